The number of quaternary nitrogens is 2. The van der Waals surface area contributed by atoms with Crippen LogP contribution in [0.25, 0.3) is 0 Å². The van der Waals surface area contributed by atoms with Crippen molar-refractivity contribution in [3.05, 3.63) is 34.9 Å². The first-order chi connectivity index (χ1) is 12.7. The molecular weight excluding hydrogens is 364 g/mol. The van der Waals surface area contributed by atoms with E-state index in [1.807, 2.05) is 45.0 Å². The molecule has 0 spiro atoms. The molecule has 2 rings (SSSR count). The maximum absolute atomic E-state index is 12.3. The summed E-state index contributed by atoms with van der Waals surface area (Å²) >= 11 is 5.97. The molecule has 6 nitrogen and oxygen atoms in total. The van der Waals surface area contributed by atoms with Crippen LogP contribution in [-0.2, 0) is 16.1 Å². The fraction of sp³-hybridized carbons (Fsp3) is 0.600. The standard InChI is InChI=1S/C20H31ClN4O2/c1-20(2,3)23-19(27)15-25-9-5-8-24(10-11-25)14-18(26)22-13-16-6-4-7-17(21)12-16/h4,6-7,12H,5,8-11,13-15H2,1-3H3,(H,22,26)(H,23,27)/p+2. The summed E-state index contributed by atoms with van der Waals surface area (Å²) in [7, 11) is 0. The summed E-state index contributed by atoms with van der Waals surface area (Å²) in [5, 5.41) is 6.68. The molecule has 2 unspecified atom stereocenters. The van der Waals surface area contributed by atoms with Crippen molar-refractivity contribution in [2.45, 2.75) is 39.3 Å². The predicted molar refractivity (Wildman–Crippen MR) is 107 cm³/mol. The number of amides is 2. The summed E-state index contributed by atoms with van der Waals surface area (Å²) in [5.41, 5.74) is 0.808. The van der Waals surface area contributed by atoms with Crippen molar-refractivity contribution >= 4 is 23.4 Å². The van der Waals surface area contributed by atoms with E-state index in [0.717, 1.165) is 38.2 Å². The van der Waals surface area contributed by atoms with Gasteiger partial charge in [-0.25, -0.2) is 0 Å². The number of rotatable bonds is 6. The molecule has 4 N–H and O–H groups in total. The van der Waals surface area contributed by atoms with E-state index in [2.05, 4.69) is 10.6 Å². The van der Waals surface area contributed by atoms with Crippen molar-refractivity contribution in [1.82, 2.24) is 10.6 Å². The van der Waals surface area contributed by atoms with Gasteiger partial charge in [-0.05, 0) is 38.5 Å². The highest BCUT2D eigenvalue weighted by atomic mass is 35.5. The van der Waals surface area contributed by atoms with Crippen LogP contribution >= 0.6 is 11.6 Å². The van der Waals surface area contributed by atoms with Crippen molar-refractivity contribution < 1.29 is 19.4 Å². The minimum absolute atomic E-state index is 0.0545. The molecule has 150 valence electrons. The Morgan fingerprint density at radius 1 is 1.04 bits per heavy atom. The zero-order valence-electron chi connectivity index (χ0n) is 16.7. The Morgan fingerprint density at radius 3 is 2.26 bits per heavy atom. The highest BCUT2D eigenvalue weighted by Crippen LogP contribution is 2.09. The average Bonchev–Trinajstić information content (AvgIpc) is 2.76. The zero-order chi connectivity index (χ0) is 19.9. The van der Waals surface area contributed by atoms with E-state index < -0.39 is 0 Å². The SMILES string of the molecule is CC(C)(C)NC(=O)C[NH+]1CCC[NH+](CC(=O)NCc2cccc(Cl)c2)CC1. The van der Waals surface area contributed by atoms with Crippen LogP contribution in [0.3, 0.4) is 0 Å². The largest absolute Gasteiger partial charge is 0.347 e. The molecule has 1 aromatic carbocycles. The van der Waals surface area contributed by atoms with Crippen LogP contribution in [0.5, 0.6) is 0 Å². The van der Waals surface area contributed by atoms with Crippen molar-refractivity contribution in [3.63, 3.8) is 0 Å². The Kier molecular flexibility index (Phi) is 8.07. The molecule has 1 saturated heterocycles. The van der Waals surface area contributed by atoms with Crippen LogP contribution in [0.4, 0.5) is 0 Å². The third-order valence-electron chi connectivity index (χ3n) is 4.61. The second-order valence-corrected chi connectivity index (χ2v) is 8.85. The highest BCUT2D eigenvalue weighted by Gasteiger charge is 2.25. The molecule has 0 radical (unpaired) electrons. The Hall–Kier alpha value is -1.63. The Morgan fingerprint density at radius 2 is 1.67 bits per heavy atom. The maximum atomic E-state index is 12.3. The third kappa shape index (κ3) is 8.73. The highest BCUT2D eigenvalue weighted by molar-refractivity contribution is 6.30. The van der Waals surface area contributed by atoms with Crippen molar-refractivity contribution in [1.29, 1.82) is 0 Å². The van der Waals surface area contributed by atoms with E-state index in [0.29, 0.717) is 24.7 Å². The number of nitrogens with one attached hydrogen (secondary N) is 4. The number of benzene rings is 1. The van der Waals surface area contributed by atoms with E-state index in [1.165, 1.54) is 9.80 Å². The minimum Gasteiger partial charge on any atom is -0.347 e. The summed E-state index contributed by atoms with van der Waals surface area (Å²) in [6.45, 7) is 11.2. The molecule has 0 saturated carbocycles. The Balaban J connectivity index is 1.72. The summed E-state index contributed by atoms with van der Waals surface area (Å²) in [5.74, 6) is 0.152. The smallest absolute Gasteiger partial charge is 0.275 e. The monoisotopic (exact) mass is 396 g/mol. The van der Waals surface area contributed by atoms with Crippen molar-refractivity contribution in [2.24, 2.45) is 0 Å². The molecular formula is C20H33ClN4O2+2. The van der Waals surface area contributed by atoms with Crippen LogP contribution in [0.1, 0.15) is 32.8 Å². The first-order valence-corrected chi connectivity index (χ1v) is 10.1. The molecule has 1 aliphatic heterocycles. The molecule has 1 aliphatic rings. The van der Waals surface area contributed by atoms with Crippen LogP contribution < -0.4 is 20.4 Å². The van der Waals surface area contributed by atoms with Gasteiger partial charge in [0, 0.05) is 23.5 Å². The van der Waals surface area contributed by atoms with Crippen molar-refractivity contribution in [2.75, 3.05) is 39.3 Å². The molecule has 1 fully saturated rings. The van der Waals surface area contributed by atoms with Gasteiger partial charge in [-0.2, -0.15) is 0 Å². The summed E-state index contributed by atoms with van der Waals surface area (Å²) in [6.07, 6.45) is 1.02. The van der Waals surface area contributed by atoms with Crippen LogP contribution in [0.2, 0.25) is 5.02 Å². The van der Waals surface area contributed by atoms with E-state index in [9.17, 15) is 9.59 Å². The molecule has 1 heterocycles. The number of halogens is 1. The number of carbonyl (C=O) groups is 2. The van der Waals surface area contributed by atoms with Crippen molar-refractivity contribution in [3.8, 4) is 0 Å². The van der Waals surface area contributed by atoms with E-state index in [4.69, 9.17) is 11.6 Å². The van der Waals surface area contributed by atoms with Gasteiger partial charge in [0.2, 0.25) is 0 Å². The minimum atomic E-state index is -0.194. The van der Waals surface area contributed by atoms with E-state index in [1.54, 1.807) is 0 Å². The normalized spacial score (nSPS) is 20.6. The molecule has 7 heteroatoms. The van der Waals surface area contributed by atoms with Crippen LogP contribution in [-0.4, -0.2) is 56.6 Å². The van der Waals surface area contributed by atoms with Gasteiger partial charge in [0.05, 0.1) is 13.1 Å². The van der Waals surface area contributed by atoms with E-state index >= 15 is 0 Å². The fourth-order valence-corrected chi connectivity index (χ4v) is 3.59. The molecule has 0 aliphatic carbocycles. The molecule has 2 atom stereocenters. The third-order valence-corrected chi connectivity index (χ3v) is 4.84. The van der Waals surface area contributed by atoms with Gasteiger partial charge in [-0.3, -0.25) is 9.59 Å². The number of hydrogen-bond acceptors (Lipinski definition) is 2. The van der Waals surface area contributed by atoms with Gasteiger partial charge >= 0.3 is 0 Å². The van der Waals surface area contributed by atoms with Gasteiger partial charge < -0.3 is 20.4 Å². The maximum Gasteiger partial charge on any atom is 0.275 e. The van der Waals surface area contributed by atoms with Gasteiger partial charge in [0.25, 0.3) is 11.8 Å². The average molecular weight is 397 g/mol. The second kappa shape index (κ2) is 10.1. The lowest BCUT2D eigenvalue weighted by Gasteiger charge is -2.22. The molecule has 0 bridgehead atoms. The Bertz CT molecular complexity index is 645. The lowest BCUT2D eigenvalue weighted by molar-refractivity contribution is -0.930. The predicted octanol–water partition coefficient (Wildman–Crippen LogP) is -0.956. The first-order valence-electron chi connectivity index (χ1n) is 9.70. The quantitative estimate of drug-likeness (QED) is 0.500. The topological polar surface area (TPSA) is 67.1 Å². The molecule has 1 aromatic rings. The summed E-state index contributed by atoms with van der Waals surface area (Å²) in [4.78, 5) is 27.0. The van der Waals surface area contributed by atoms with Crippen LogP contribution in [0, 0.1) is 0 Å². The fourth-order valence-electron chi connectivity index (χ4n) is 3.37. The molecule has 27 heavy (non-hydrogen) atoms. The molecule has 0 aromatic heterocycles. The van der Waals surface area contributed by atoms with Gasteiger partial charge in [-0.15, -0.1) is 0 Å². The van der Waals surface area contributed by atoms with Gasteiger partial charge in [0.15, 0.2) is 13.1 Å². The lowest BCUT2D eigenvalue weighted by Crippen LogP contribution is -3.18. The van der Waals surface area contributed by atoms with Crippen LogP contribution in [0.15, 0.2) is 24.3 Å². The number of carbonyl (C=O) groups excluding carboxylic acids is 2. The van der Waals surface area contributed by atoms with Gasteiger partial charge in [-0.1, -0.05) is 23.7 Å². The summed E-state index contributed by atoms with van der Waals surface area (Å²) < 4.78 is 0. The number of hydrogen-bond donors (Lipinski definition) is 4. The van der Waals surface area contributed by atoms with E-state index in [-0.39, 0.29) is 17.4 Å². The Labute approximate surface area is 167 Å². The summed E-state index contributed by atoms with van der Waals surface area (Å²) in [6, 6.07) is 7.53. The molecule has 2 amide bonds. The first kappa shape index (κ1) is 21.7. The zero-order valence-corrected chi connectivity index (χ0v) is 17.4. The second-order valence-electron chi connectivity index (χ2n) is 8.41. The lowest BCUT2D eigenvalue weighted by atomic mass is 10.1. The van der Waals surface area contributed by atoms with Gasteiger partial charge in [0.1, 0.15) is 13.1 Å².